The molecule has 2 unspecified atom stereocenters. The number of halogens is 1. The van der Waals surface area contributed by atoms with Crippen molar-refractivity contribution in [1.29, 1.82) is 0 Å². The molecular formula is C13H20INOS. The van der Waals surface area contributed by atoms with Crippen molar-refractivity contribution >= 4 is 33.9 Å². The van der Waals surface area contributed by atoms with Gasteiger partial charge in [0, 0.05) is 17.5 Å². The van der Waals surface area contributed by atoms with Crippen molar-refractivity contribution < 1.29 is 5.11 Å². The molecule has 4 heteroatoms. The third kappa shape index (κ3) is 3.66. The van der Waals surface area contributed by atoms with Gasteiger partial charge in [0.1, 0.15) is 0 Å². The summed E-state index contributed by atoms with van der Waals surface area (Å²) in [5, 5.41) is 13.3. The Morgan fingerprint density at radius 1 is 1.65 bits per heavy atom. The maximum absolute atomic E-state index is 9.77. The maximum Gasteiger partial charge on any atom is 0.0664 e. The fraction of sp³-hybridized carbons (Fsp3) is 0.692. The van der Waals surface area contributed by atoms with E-state index in [1.165, 1.54) is 27.7 Å². The lowest BCUT2D eigenvalue weighted by molar-refractivity contribution is 0.155. The summed E-state index contributed by atoms with van der Waals surface area (Å²) in [4.78, 5) is 1.54. The highest BCUT2D eigenvalue weighted by Crippen LogP contribution is 2.36. The second-order valence-electron chi connectivity index (χ2n) is 4.72. The molecule has 0 radical (unpaired) electrons. The van der Waals surface area contributed by atoms with Crippen molar-refractivity contribution in [2.45, 2.75) is 51.2 Å². The molecule has 0 saturated carbocycles. The lowest BCUT2D eigenvalue weighted by Gasteiger charge is -2.25. The normalized spacial score (nSPS) is 21.2. The van der Waals surface area contributed by atoms with Crippen molar-refractivity contribution in [2.75, 3.05) is 6.54 Å². The van der Waals surface area contributed by atoms with Gasteiger partial charge in [-0.05, 0) is 59.9 Å². The van der Waals surface area contributed by atoms with Crippen LogP contribution in [-0.4, -0.2) is 17.8 Å². The number of aliphatic hydroxyl groups excluding tert-OH is 1. The summed E-state index contributed by atoms with van der Waals surface area (Å²) in [5.41, 5.74) is 1.48. The minimum atomic E-state index is -0.192. The summed E-state index contributed by atoms with van der Waals surface area (Å²) < 4.78 is 1.38. The smallest absolute Gasteiger partial charge is 0.0664 e. The van der Waals surface area contributed by atoms with Crippen LogP contribution in [0.2, 0.25) is 0 Å². The Labute approximate surface area is 121 Å². The lowest BCUT2D eigenvalue weighted by atomic mass is 9.94. The first kappa shape index (κ1) is 13.8. The predicted octanol–water partition coefficient (Wildman–Crippen LogP) is 3.48. The highest BCUT2D eigenvalue weighted by molar-refractivity contribution is 14.1. The third-order valence-electron chi connectivity index (χ3n) is 3.31. The molecule has 96 valence electrons. The molecule has 0 aliphatic heterocycles. The van der Waals surface area contributed by atoms with Gasteiger partial charge < -0.3 is 10.4 Å². The van der Waals surface area contributed by atoms with Gasteiger partial charge in [0.2, 0.25) is 0 Å². The molecule has 1 aliphatic carbocycles. The van der Waals surface area contributed by atoms with E-state index in [9.17, 15) is 5.11 Å². The van der Waals surface area contributed by atoms with Crippen LogP contribution in [0, 0.1) is 2.88 Å². The average Bonchev–Trinajstić information content (AvgIpc) is 2.67. The van der Waals surface area contributed by atoms with Crippen LogP contribution in [0.15, 0.2) is 6.07 Å². The third-order valence-corrected chi connectivity index (χ3v) is 5.28. The minimum absolute atomic E-state index is 0.192. The molecule has 2 nitrogen and oxygen atoms in total. The zero-order valence-corrected chi connectivity index (χ0v) is 13.2. The molecule has 0 amide bonds. The quantitative estimate of drug-likeness (QED) is 0.783. The van der Waals surface area contributed by atoms with Gasteiger partial charge in [-0.3, -0.25) is 0 Å². The van der Waals surface area contributed by atoms with Crippen molar-refractivity contribution in [3.63, 3.8) is 0 Å². The second kappa shape index (κ2) is 6.50. The molecule has 0 aromatic carbocycles. The first-order valence-electron chi connectivity index (χ1n) is 6.40. The van der Waals surface area contributed by atoms with Crippen LogP contribution in [0.4, 0.5) is 0 Å². The number of aryl methyl sites for hydroxylation is 1. The average molecular weight is 365 g/mol. The van der Waals surface area contributed by atoms with Crippen molar-refractivity contribution in [3.8, 4) is 0 Å². The summed E-state index contributed by atoms with van der Waals surface area (Å²) in [6.45, 7) is 2.84. The fourth-order valence-electron chi connectivity index (χ4n) is 2.45. The van der Waals surface area contributed by atoms with Gasteiger partial charge >= 0.3 is 0 Å². The Morgan fingerprint density at radius 3 is 3.24 bits per heavy atom. The number of hydrogen-bond acceptors (Lipinski definition) is 3. The Bertz CT molecular complexity index is 366. The first-order chi connectivity index (χ1) is 8.20. The molecule has 0 saturated heterocycles. The molecular weight excluding hydrogens is 345 g/mol. The summed E-state index contributed by atoms with van der Waals surface area (Å²) in [5.74, 6) is 0. The zero-order chi connectivity index (χ0) is 12.3. The fourth-order valence-corrected chi connectivity index (χ4v) is 4.57. The van der Waals surface area contributed by atoms with Gasteiger partial charge in [-0.15, -0.1) is 11.3 Å². The highest BCUT2D eigenvalue weighted by atomic mass is 127. The van der Waals surface area contributed by atoms with E-state index in [0.717, 1.165) is 19.4 Å². The Hall–Kier alpha value is 0.350. The number of nitrogens with one attached hydrogen (secondary N) is 1. The molecule has 2 N–H and O–H groups in total. The van der Waals surface area contributed by atoms with Crippen LogP contribution in [0.1, 0.15) is 49.1 Å². The van der Waals surface area contributed by atoms with Crippen molar-refractivity contribution in [1.82, 2.24) is 5.32 Å². The topological polar surface area (TPSA) is 32.3 Å². The van der Waals surface area contributed by atoms with Crippen LogP contribution < -0.4 is 5.32 Å². The van der Waals surface area contributed by atoms with E-state index in [1.54, 1.807) is 4.88 Å². The van der Waals surface area contributed by atoms with Crippen molar-refractivity contribution in [3.05, 3.63) is 19.4 Å². The lowest BCUT2D eigenvalue weighted by Crippen LogP contribution is -2.31. The number of aliphatic hydroxyl groups is 1. The standard InChI is InChI=1S/C13H20INOS/c1-2-4-9(16)8-15-11-5-3-6-12-10(11)7-13(14)17-12/h7,9,11,15-16H,2-6,8H2,1H3. The Kier molecular flexibility index (Phi) is 5.26. The van der Waals surface area contributed by atoms with Crippen LogP contribution in [-0.2, 0) is 6.42 Å². The van der Waals surface area contributed by atoms with E-state index in [1.807, 2.05) is 11.3 Å². The number of fused-ring (bicyclic) bond motifs is 1. The molecule has 0 fully saturated rings. The van der Waals surface area contributed by atoms with Gasteiger partial charge in [-0.1, -0.05) is 13.3 Å². The molecule has 2 rings (SSSR count). The van der Waals surface area contributed by atoms with E-state index < -0.39 is 0 Å². The predicted molar refractivity (Wildman–Crippen MR) is 81.6 cm³/mol. The molecule has 1 aliphatic rings. The van der Waals surface area contributed by atoms with Crippen LogP contribution in [0.3, 0.4) is 0 Å². The van der Waals surface area contributed by atoms with E-state index in [0.29, 0.717) is 6.04 Å². The van der Waals surface area contributed by atoms with E-state index in [4.69, 9.17) is 0 Å². The Balaban J connectivity index is 1.94. The van der Waals surface area contributed by atoms with Gasteiger partial charge in [0.15, 0.2) is 0 Å². The number of rotatable bonds is 5. The number of hydrogen-bond donors (Lipinski definition) is 2. The van der Waals surface area contributed by atoms with Crippen LogP contribution in [0.5, 0.6) is 0 Å². The maximum atomic E-state index is 9.77. The van der Waals surface area contributed by atoms with E-state index >= 15 is 0 Å². The van der Waals surface area contributed by atoms with Crippen molar-refractivity contribution in [2.24, 2.45) is 0 Å². The molecule has 0 spiro atoms. The minimum Gasteiger partial charge on any atom is -0.392 e. The molecule has 0 bridgehead atoms. The van der Waals surface area contributed by atoms with Crippen LogP contribution in [0.25, 0.3) is 0 Å². The summed E-state index contributed by atoms with van der Waals surface area (Å²) in [7, 11) is 0. The first-order valence-corrected chi connectivity index (χ1v) is 8.29. The largest absolute Gasteiger partial charge is 0.392 e. The van der Waals surface area contributed by atoms with Crippen LogP contribution >= 0.6 is 33.9 Å². The van der Waals surface area contributed by atoms with E-state index in [-0.39, 0.29) is 6.10 Å². The number of thiophene rings is 1. The molecule has 17 heavy (non-hydrogen) atoms. The van der Waals surface area contributed by atoms with Gasteiger partial charge in [0.05, 0.1) is 8.99 Å². The molecule has 1 heterocycles. The van der Waals surface area contributed by atoms with Gasteiger partial charge in [0.25, 0.3) is 0 Å². The molecule has 2 atom stereocenters. The van der Waals surface area contributed by atoms with Gasteiger partial charge in [-0.2, -0.15) is 0 Å². The monoisotopic (exact) mass is 365 g/mol. The summed E-state index contributed by atoms with van der Waals surface area (Å²) in [6, 6.07) is 2.77. The van der Waals surface area contributed by atoms with E-state index in [2.05, 4.69) is 40.9 Å². The second-order valence-corrected chi connectivity index (χ2v) is 7.76. The Morgan fingerprint density at radius 2 is 2.47 bits per heavy atom. The summed E-state index contributed by atoms with van der Waals surface area (Å²) >= 11 is 4.33. The molecule has 1 aromatic rings. The summed E-state index contributed by atoms with van der Waals surface area (Å²) in [6.07, 6.45) is 5.47. The van der Waals surface area contributed by atoms with Gasteiger partial charge in [-0.25, -0.2) is 0 Å². The SMILES string of the molecule is CCCC(O)CNC1CCCc2sc(I)cc21. The molecule has 1 aromatic heterocycles. The zero-order valence-electron chi connectivity index (χ0n) is 10.2. The highest BCUT2D eigenvalue weighted by Gasteiger charge is 2.22.